The van der Waals surface area contributed by atoms with Gasteiger partial charge in [0.15, 0.2) is 18.2 Å². The zero-order valence-corrected chi connectivity index (χ0v) is 20.5. The number of hydrogen-bond acceptors (Lipinski definition) is 9. The van der Waals surface area contributed by atoms with Crippen molar-refractivity contribution >= 4 is 28.7 Å². The van der Waals surface area contributed by atoms with Crippen molar-refractivity contribution in [1.82, 2.24) is 24.8 Å². The lowest BCUT2D eigenvalue weighted by molar-refractivity contribution is -0.118. The van der Waals surface area contributed by atoms with E-state index < -0.39 is 11.9 Å². The van der Waals surface area contributed by atoms with E-state index in [1.54, 1.807) is 36.2 Å². The Labute approximate surface area is 212 Å². The first kappa shape index (κ1) is 24.8. The maximum absolute atomic E-state index is 14.7. The van der Waals surface area contributed by atoms with Crippen LogP contribution in [0.4, 0.5) is 10.2 Å². The third-order valence-electron chi connectivity index (χ3n) is 6.77. The first-order valence-corrected chi connectivity index (χ1v) is 11.9. The molecule has 194 valence electrons. The van der Waals surface area contributed by atoms with Crippen LogP contribution >= 0.6 is 0 Å². The van der Waals surface area contributed by atoms with E-state index in [-0.39, 0.29) is 53.6 Å². The van der Waals surface area contributed by atoms with Crippen LogP contribution < -0.4 is 14.8 Å². The van der Waals surface area contributed by atoms with Gasteiger partial charge in [-0.05, 0) is 31.0 Å². The highest BCUT2D eigenvalue weighted by molar-refractivity contribution is 5.97. The second-order valence-corrected chi connectivity index (χ2v) is 9.08. The molecule has 3 aromatic rings. The number of hydrogen-bond donors (Lipinski definition) is 2. The average molecular weight is 511 g/mol. The standard InChI is InChI=1S/C25H27FN6O5/c1-31(25(35)17-3-5-19-24(28-17)29-20(34)13-37-19)14-7-9-32(10-8-14)12-18(33)22-15(26)11-27-16-4-6-21(36-2)30-23(16)22/h3-6,11,14,18,33H,7-10,12-13H2,1-2H3,(H,28,29,34)/t18-/m0/s1. The minimum atomic E-state index is -1.11. The number of anilines is 1. The van der Waals surface area contributed by atoms with Crippen LogP contribution in [0.3, 0.4) is 0 Å². The molecule has 12 heteroatoms. The summed E-state index contributed by atoms with van der Waals surface area (Å²) in [5, 5.41) is 13.6. The molecule has 0 unspecified atom stereocenters. The molecule has 0 aliphatic carbocycles. The van der Waals surface area contributed by atoms with E-state index >= 15 is 0 Å². The Hall–Kier alpha value is -3.90. The van der Waals surface area contributed by atoms with E-state index in [0.717, 1.165) is 6.20 Å². The normalized spacial score (nSPS) is 17.0. The number of amides is 2. The van der Waals surface area contributed by atoms with Gasteiger partial charge in [0.2, 0.25) is 5.88 Å². The Morgan fingerprint density at radius 3 is 2.84 bits per heavy atom. The number of ether oxygens (including phenoxy) is 2. The maximum Gasteiger partial charge on any atom is 0.272 e. The Morgan fingerprint density at radius 1 is 1.30 bits per heavy atom. The fourth-order valence-electron chi connectivity index (χ4n) is 4.73. The summed E-state index contributed by atoms with van der Waals surface area (Å²) in [5.74, 6) is -0.223. The summed E-state index contributed by atoms with van der Waals surface area (Å²) in [4.78, 5) is 40.9. The van der Waals surface area contributed by atoms with Crippen molar-refractivity contribution in [3.8, 4) is 11.6 Å². The third kappa shape index (κ3) is 5.02. The number of aliphatic hydroxyl groups is 1. The van der Waals surface area contributed by atoms with E-state index in [1.807, 2.05) is 4.90 Å². The van der Waals surface area contributed by atoms with Crippen LogP contribution in [0.15, 0.2) is 30.5 Å². The molecule has 5 rings (SSSR count). The van der Waals surface area contributed by atoms with Gasteiger partial charge in [0.05, 0.1) is 24.9 Å². The van der Waals surface area contributed by atoms with E-state index in [2.05, 4.69) is 20.3 Å². The first-order valence-electron chi connectivity index (χ1n) is 11.9. The summed E-state index contributed by atoms with van der Waals surface area (Å²) < 4.78 is 25.2. The summed E-state index contributed by atoms with van der Waals surface area (Å²) >= 11 is 0. The van der Waals surface area contributed by atoms with E-state index in [9.17, 15) is 19.1 Å². The van der Waals surface area contributed by atoms with E-state index in [1.165, 1.54) is 7.11 Å². The number of aromatic nitrogens is 3. The highest BCUT2D eigenvalue weighted by Crippen LogP contribution is 2.29. The first-order chi connectivity index (χ1) is 17.8. The highest BCUT2D eigenvalue weighted by Gasteiger charge is 2.30. The molecule has 11 nitrogen and oxygen atoms in total. The monoisotopic (exact) mass is 510 g/mol. The maximum atomic E-state index is 14.7. The van der Waals surface area contributed by atoms with Gasteiger partial charge in [-0.1, -0.05) is 0 Å². The van der Waals surface area contributed by atoms with Gasteiger partial charge < -0.3 is 29.7 Å². The SMILES string of the molecule is COc1ccc2ncc(F)c([C@@H](O)CN3CCC(N(C)C(=O)c4ccc5c(n4)NC(=O)CO5)CC3)c2n1. The molecule has 1 saturated heterocycles. The van der Waals surface area contributed by atoms with Crippen molar-refractivity contribution in [2.75, 3.05) is 45.7 Å². The summed E-state index contributed by atoms with van der Waals surface area (Å²) in [6, 6.07) is 6.48. The topological polar surface area (TPSA) is 130 Å². The summed E-state index contributed by atoms with van der Waals surface area (Å²) in [6.45, 7) is 1.36. The quantitative estimate of drug-likeness (QED) is 0.510. The molecule has 37 heavy (non-hydrogen) atoms. The van der Waals surface area contributed by atoms with Crippen molar-refractivity contribution in [2.45, 2.75) is 25.0 Å². The molecule has 0 radical (unpaired) electrons. The smallest absolute Gasteiger partial charge is 0.272 e. The Morgan fingerprint density at radius 2 is 2.08 bits per heavy atom. The molecule has 2 aliphatic rings. The zero-order valence-electron chi connectivity index (χ0n) is 20.5. The Bertz CT molecular complexity index is 1350. The molecule has 0 bridgehead atoms. The number of nitrogens with zero attached hydrogens (tertiary/aromatic N) is 5. The van der Waals surface area contributed by atoms with Crippen molar-refractivity contribution in [1.29, 1.82) is 0 Å². The van der Waals surface area contributed by atoms with Crippen LogP contribution in [0.1, 0.15) is 35.0 Å². The van der Waals surface area contributed by atoms with Crippen LogP contribution in [0.2, 0.25) is 0 Å². The fourth-order valence-corrected chi connectivity index (χ4v) is 4.73. The van der Waals surface area contributed by atoms with Gasteiger partial charge in [-0.15, -0.1) is 0 Å². The van der Waals surface area contributed by atoms with Gasteiger partial charge >= 0.3 is 0 Å². The van der Waals surface area contributed by atoms with Crippen molar-refractivity contribution in [3.05, 3.63) is 47.5 Å². The fraction of sp³-hybridized carbons (Fsp3) is 0.400. The van der Waals surface area contributed by atoms with E-state index in [4.69, 9.17) is 9.47 Å². The van der Waals surface area contributed by atoms with Crippen LogP contribution in [-0.4, -0.2) is 88.1 Å². The van der Waals surface area contributed by atoms with E-state index in [0.29, 0.717) is 43.1 Å². The number of pyridine rings is 3. The number of aliphatic hydroxyl groups excluding tert-OH is 1. The third-order valence-corrected chi connectivity index (χ3v) is 6.77. The van der Waals surface area contributed by atoms with Crippen LogP contribution in [0.25, 0.3) is 11.0 Å². The Kier molecular flexibility index (Phi) is 6.85. The number of methoxy groups -OCH3 is 1. The van der Waals surface area contributed by atoms with Gasteiger partial charge in [-0.2, -0.15) is 0 Å². The van der Waals surface area contributed by atoms with Gasteiger partial charge in [0.1, 0.15) is 17.0 Å². The molecule has 5 heterocycles. The second-order valence-electron chi connectivity index (χ2n) is 9.08. The lowest BCUT2D eigenvalue weighted by Crippen LogP contribution is -2.46. The van der Waals surface area contributed by atoms with Crippen LogP contribution in [-0.2, 0) is 4.79 Å². The molecule has 0 aromatic carbocycles. The van der Waals surface area contributed by atoms with Crippen LogP contribution in [0.5, 0.6) is 11.6 Å². The number of piperidine rings is 1. The molecular weight excluding hydrogens is 483 g/mol. The highest BCUT2D eigenvalue weighted by atomic mass is 19.1. The summed E-state index contributed by atoms with van der Waals surface area (Å²) in [6.07, 6.45) is 1.32. The molecule has 0 spiro atoms. The average Bonchev–Trinajstić information content (AvgIpc) is 2.91. The van der Waals surface area contributed by atoms with Crippen LogP contribution in [0, 0.1) is 5.82 Å². The summed E-state index contributed by atoms with van der Waals surface area (Å²) in [5.41, 5.74) is 1.05. The number of nitrogens with one attached hydrogen (secondary N) is 1. The molecule has 2 N–H and O–H groups in total. The van der Waals surface area contributed by atoms with Gasteiger partial charge in [0.25, 0.3) is 11.8 Å². The molecular formula is C25H27FN6O5. The lowest BCUT2D eigenvalue weighted by atomic mass is 10.0. The number of rotatable bonds is 6. The molecule has 3 aromatic heterocycles. The lowest BCUT2D eigenvalue weighted by Gasteiger charge is -2.37. The van der Waals surface area contributed by atoms with Crippen molar-refractivity contribution in [2.24, 2.45) is 0 Å². The second kappa shape index (κ2) is 10.2. The number of β-amino-alcohol motifs (C(OH)–C–C–N with tert-alkyl or cyclic N) is 1. The number of fused-ring (bicyclic) bond motifs is 2. The van der Waals surface area contributed by atoms with Crippen molar-refractivity contribution in [3.63, 3.8) is 0 Å². The Balaban J connectivity index is 1.22. The number of carbonyl (C=O) groups is 2. The van der Waals surface area contributed by atoms with Gasteiger partial charge in [0, 0.05) is 44.4 Å². The van der Waals surface area contributed by atoms with Crippen molar-refractivity contribution < 1.29 is 28.6 Å². The number of halogens is 1. The predicted molar refractivity (Wildman–Crippen MR) is 131 cm³/mol. The molecule has 2 amide bonds. The number of likely N-dealkylation sites (tertiary alicyclic amines) is 1. The molecule has 2 aliphatic heterocycles. The minimum Gasteiger partial charge on any atom is -0.481 e. The largest absolute Gasteiger partial charge is 0.481 e. The predicted octanol–water partition coefficient (Wildman–Crippen LogP) is 1.77. The van der Waals surface area contributed by atoms with Gasteiger partial charge in [-0.25, -0.2) is 14.4 Å². The zero-order chi connectivity index (χ0) is 26.1. The molecule has 0 saturated carbocycles. The molecule has 1 atom stereocenters. The van der Waals surface area contributed by atoms with Gasteiger partial charge in [-0.3, -0.25) is 14.6 Å². The molecule has 1 fully saturated rings. The number of carbonyl (C=O) groups excluding carboxylic acids is 2. The minimum absolute atomic E-state index is 0.0333. The summed E-state index contributed by atoms with van der Waals surface area (Å²) in [7, 11) is 3.20.